The van der Waals surface area contributed by atoms with Crippen molar-refractivity contribution >= 4 is 0 Å². The van der Waals surface area contributed by atoms with E-state index in [4.69, 9.17) is 0 Å². The summed E-state index contributed by atoms with van der Waals surface area (Å²) < 4.78 is 0. The monoisotopic (exact) mass is 549 g/mol. The summed E-state index contributed by atoms with van der Waals surface area (Å²) in [4.78, 5) is 8.11. The van der Waals surface area contributed by atoms with Crippen molar-refractivity contribution in [2.75, 3.05) is 65.4 Å². The number of hydrogen-bond donors (Lipinski definition) is 1. The third-order valence-electron chi connectivity index (χ3n) is 10.5. The SMILES string of the molecule is CC.CC(C)(C)C1CCN(CC2CCNCC2)CC1.CC(C)N1CCC(CN2CCC(C(C)(C)C)CC2)CC1. The average molecular weight is 549 g/mol. The van der Waals surface area contributed by atoms with E-state index in [1.54, 1.807) is 0 Å². The summed E-state index contributed by atoms with van der Waals surface area (Å²) >= 11 is 0. The van der Waals surface area contributed by atoms with Gasteiger partial charge in [-0.1, -0.05) is 55.4 Å². The van der Waals surface area contributed by atoms with E-state index < -0.39 is 0 Å². The molecule has 0 aliphatic carbocycles. The molecule has 0 spiro atoms. The van der Waals surface area contributed by atoms with Crippen LogP contribution in [0.2, 0.25) is 0 Å². The summed E-state index contributed by atoms with van der Waals surface area (Å²) in [5.41, 5.74) is 1.02. The predicted molar refractivity (Wildman–Crippen MR) is 174 cm³/mol. The van der Waals surface area contributed by atoms with Gasteiger partial charge in [0.25, 0.3) is 0 Å². The van der Waals surface area contributed by atoms with E-state index in [9.17, 15) is 0 Å². The second-order valence-corrected chi connectivity index (χ2v) is 15.6. The van der Waals surface area contributed by atoms with Crippen LogP contribution in [-0.4, -0.2) is 86.2 Å². The van der Waals surface area contributed by atoms with Crippen LogP contribution in [0.4, 0.5) is 0 Å². The predicted octanol–water partition coefficient (Wildman–Crippen LogP) is 7.64. The molecule has 0 aromatic carbocycles. The molecule has 4 heterocycles. The number of piperidine rings is 4. The highest BCUT2D eigenvalue weighted by Crippen LogP contribution is 2.35. The Kier molecular flexibility index (Phi) is 15.3. The molecule has 0 bridgehead atoms. The number of likely N-dealkylation sites (tertiary alicyclic amines) is 3. The van der Waals surface area contributed by atoms with Crippen molar-refractivity contribution in [1.29, 1.82) is 0 Å². The fourth-order valence-corrected chi connectivity index (χ4v) is 7.41. The topological polar surface area (TPSA) is 21.8 Å². The first-order chi connectivity index (χ1) is 18.4. The van der Waals surface area contributed by atoms with Crippen LogP contribution >= 0.6 is 0 Å². The van der Waals surface area contributed by atoms with Crippen LogP contribution in [-0.2, 0) is 0 Å². The summed E-state index contributed by atoms with van der Waals surface area (Å²) in [5, 5.41) is 3.46. The number of nitrogens with zero attached hydrogens (tertiary/aromatic N) is 3. The van der Waals surface area contributed by atoms with Crippen molar-refractivity contribution in [3.63, 3.8) is 0 Å². The number of nitrogens with one attached hydrogen (secondary N) is 1. The number of rotatable bonds is 5. The molecule has 0 aromatic rings. The molecular formula is C35H72N4. The average Bonchev–Trinajstić information content (AvgIpc) is 2.91. The van der Waals surface area contributed by atoms with E-state index in [2.05, 4.69) is 75.4 Å². The molecule has 1 N–H and O–H groups in total. The third kappa shape index (κ3) is 12.7. The molecule has 4 heteroatoms. The van der Waals surface area contributed by atoms with Gasteiger partial charge in [0.2, 0.25) is 0 Å². The lowest BCUT2D eigenvalue weighted by molar-refractivity contribution is 0.0790. The Morgan fingerprint density at radius 3 is 1.26 bits per heavy atom. The summed E-state index contributed by atoms with van der Waals surface area (Å²) in [6.07, 6.45) is 11.2. The zero-order chi connectivity index (χ0) is 29.1. The first-order valence-electron chi connectivity index (χ1n) is 17.3. The zero-order valence-corrected chi connectivity index (χ0v) is 28.5. The third-order valence-corrected chi connectivity index (χ3v) is 10.5. The van der Waals surface area contributed by atoms with E-state index >= 15 is 0 Å². The van der Waals surface area contributed by atoms with Crippen LogP contribution in [0.15, 0.2) is 0 Å². The fraction of sp³-hybridized carbons (Fsp3) is 1.00. The van der Waals surface area contributed by atoms with Crippen LogP contribution in [0.3, 0.4) is 0 Å². The minimum Gasteiger partial charge on any atom is -0.317 e. The molecular weight excluding hydrogens is 476 g/mol. The zero-order valence-electron chi connectivity index (χ0n) is 28.5. The van der Waals surface area contributed by atoms with Crippen molar-refractivity contribution in [3.8, 4) is 0 Å². The quantitative estimate of drug-likeness (QED) is 0.381. The van der Waals surface area contributed by atoms with Crippen LogP contribution in [0, 0.1) is 34.5 Å². The van der Waals surface area contributed by atoms with Crippen molar-refractivity contribution in [2.24, 2.45) is 34.5 Å². The Labute approximate surface area is 246 Å². The molecule has 0 amide bonds. The summed E-state index contributed by atoms with van der Waals surface area (Å²) in [6.45, 7) is 36.3. The van der Waals surface area contributed by atoms with Gasteiger partial charge >= 0.3 is 0 Å². The van der Waals surface area contributed by atoms with Gasteiger partial charge in [-0.25, -0.2) is 0 Å². The minimum atomic E-state index is 0.509. The fourth-order valence-electron chi connectivity index (χ4n) is 7.41. The molecule has 0 aromatic heterocycles. The van der Waals surface area contributed by atoms with E-state index in [1.165, 1.54) is 117 Å². The maximum atomic E-state index is 3.46. The molecule has 4 aliphatic heterocycles. The first kappa shape index (κ1) is 35.0. The molecule has 0 radical (unpaired) electrons. The summed E-state index contributed by atoms with van der Waals surface area (Å²) in [7, 11) is 0. The lowest BCUT2D eigenvalue weighted by Crippen LogP contribution is -2.44. The second kappa shape index (κ2) is 17.1. The van der Waals surface area contributed by atoms with Crippen molar-refractivity contribution in [2.45, 2.75) is 127 Å². The Bertz CT molecular complexity index is 604. The number of hydrogen-bond acceptors (Lipinski definition) is 4. The van der Waals surface area contributed by atoms with Gasteiger partial charge in [0.1, 0.15) is 0 Å². The van der Waals surface area contributed by atoms with Crippen molar-refractivity contribution in [3.05, 3.63) is 0 Å². The molecule has 39 heavy (non-hydrogen) atoms. The lowest BCUT2D eigenvalue weighted by Gasteiger charge is -2.41. The second-order valence-electron chi connectivity index (χ2n) is 15.6. The molecule has 4 rings (SSSR count). The molecule has 4 saturated heterocycles. The van der Waals surface area contributed by atoms with E-state index in [-0.39, 0.29) is 0 Å². The van der Waals surface area contributed by atoms with E-state index in [0.29, 0.717) is 10.8 Å². The molecule has 4 fully saturated rings. The molecule has 4 nitrogen and oxygen atoms in total. The molecule has 0 atom stereocenters. The van der Waals surface area contributed by atoms with Gasteiger partial charge in [-0.15, -0.1) is 0 Å². The maximum Gasteiger partial charge on any atom is 0.00385 e. The van der Waals surface area contributed by atoms with Gasteiger partial charge in [-0.3, -0.25) is 0 Å². The Morgan fingerprint density at radius 1 is 0.564 bits per heavy atom. The first-order valence-corrected chi connectivity index (χ1v) is 17.3. The summed E-state index contributed by atoms with van der Waals surface area (Å²) in [6, 6.07) is 0.735. The van der Waals surface area contributed by atoms with Crippen molar-refractivity contribution in [1.82, 2.24) is 20.0 Å². The van der Waals surface area contributed by atoms with E-state index in [1.807, 2.05) is 13.8 Å². The van der Waals surface area contributed by atoms with Gasteiger partial charge in [-0.2, -0.15) is 0 Å². The van der Waals surface area contributed by atoms with Crippen LogP contribution in [0.25, 0.3) is 0 Å². The van der Waals surface area contributed by atoms with Gasteiger partial charge < -0.3 is 20.0 Å². The Morgan fingerprint density at radius 2 is 0.923 bits per heavy atom. The minimum absolute atomic E-state index is 0.509. The molecule has 0 saturated carbocycles. The van der Waals surface area contributed by atoms with Gasteiger partial charge in [0.15, 0.2) is 0 Å². The van der Waals surface area contributed by atoms with Gasteiger partial charge in [-0.05, 0) is 152 Å². The highest BCUT2D eigenvalue weighted by molar-refractivity contribution is 4.84. The van der Waals surface area contributed by atoms with Gasteiger partial charge in [0, 0.05) is 19.1 Å². The van der Waals surface area contributed by atoms with Crippen LogP contribution in [0.5, 0.6) is 0 Å². The van der Waals surface area contributed by atoms with Gasteiger partial charge in [0.05, 0.1) is 0 Å². The van der Waals surface area contributed by atoms with E-state index in [0.717, 1.165) is 29.7 Å². The largest absolute Gasteiger partial charge is 0.317 e. The normalized spacial score (nSPS) is 24.7. The van der Waals surface area contributed by atoms with Crippen LogP contribution in [0.1, 0.15) is 121 Å². The van der Waals surface area contributed by atoms with Crippen LogP contribution < -0.4 is 5.32 Å². The Hall–Kier alpha value is -0.160. The smallest absolute Gasteiger partial charge is 0.00385 e. The highest BCUT2D eigenvalue weighted by Gasteiger charge is 2.31. The lowest BCUT2D eigenvalue weighted by atomic mass is 9.75. The molecule has 4 aliphatic rings. The molecule has 232 valence electrons. The summed E-state index contributed by atoms with van der Waals surface area (Å²) in [5.74, 6) is 3.78. The highest BCUT2D eigenvalue weighted by atomic mass is 15.2. The molecule has 0 unspecified atom stereocenters. The Balaban J connectivity index is 0.000000260. The van der Waals surface area contributed by atoms with Crippen molar-refractivity contribution < 1.29 is 0 Å². The standard InChI is InChI=1S/C18H36N2.C15H30N2.C2H6/c1-15(2)20-12-6-16(7-13-20)14-19-10-8-17(9-11-19)18(3,4)5;1-15(2,3)14-6-10-17(11-7-14)12-13-4-8-16-9-5-13;1-2/h15-17H,6-14H2,1-5H3;13-14,16H,4-12H2,1-3H3;1-2H3. The maximum absolute atomic E-state index is 3.46.